The number of nitrogens with zero attached hydrogens (tertiary/aromatic N) is 2. The van der Waals surface area contributed by atoms with E-state index in [1.54, 1.807) is 35.4 Å². The monoisotopic (exact) mass is 446 g/mol. The summed E-state index contributed by atoms with van der Waals surface area (Å²) in [7, 11) is 0. The Kier molecular flexibility index (Phi) is 6.32. The fraction of sp³-hybridized carbons (Fsp3) is 0.391. The number of halogens is 2. The highest BCUT2D eigenvalue weighted by atomic mass is 35.5. The standard InChI is InChI=1S/C23H24Cl2N2O3/c1-2-3-4-8-11-19-20-21(30-27(19)16-12-13-17(24)18(25)14-16)23(29)26(22(20)28)15-9-6-5-7-10-15/h5-7,9-10,12-14,19-21H,2-4,8,11H2,1H3/t19-,20+,21-/m0/s1. The first kappa shape index (κ1) is 21.2. The predicted molar refractivity (Wildman–Crippen MR) is 119 cm³/mol. The third-order valence-corrected chi connectivity index (χ3v) is 6.50. The lowest BCUT2D eigenvalue weighted by Crippen LogP contribution is -2.40. The van der Waals surface area contributed by atoms with Crippen LogP contribution in [0, 0.1) is 5.92 Å². The van der Waals surface area contributed by atoms with Crippen LogP contribution in [0.1, 0.15) is 39.0 Å². The zero-order valence-electron chi connectivity index (χ0n) is 16.8. The second kappa shape index (κ2) is 8.96. The topological polar surface area (TPSA) is 49.9 Å². The van der Waals surface area contributed by atoms with E-state index >= 15 is 0 Å². The molecule has 0 saturated carbocycles. The number of unbranched alkanes of at least 4 members (excludes halogenated alkanes) is 3. The van der Waals surface area contributed by atoms with Crippen molar-refractivity contribution in [1.82, 2.24) is 0 Å². The van der Waals surface area contributed by atoms with Gasteiger partial charge < -0.3 is 0 Å². The molecule has 2 heterocycles. The Morgan fingerprint density at radius 3 is 2.37 bits per heavy atom. The molecule has 0 aromatic heterocycles. The summed E-state index contributed by atoms with van der Waals surface area (Å²) >= 11 is 12.3. The lowest BCUT2D eigenvalue weighted by atomic mass is 9.92. The van der Waals surface area contributed by atoms with Crippen molar-refractivity contribution in [2.45, 2.75) is 51.2 Å². The Bertz CT molecular complexity index is 937. The van der Waals surface area contributed by atoms with Gasteiger partial charge in [0.05, 0.1) is 33.4 Å². The van der Waals surface area contributed by atoms with Crippen LogP contribution in [0.5, 0.6) is 0 Å². The molecule has 7 heteroatoms. The zero-order chi connectivity index (χ0) is 21.3. The highest BCUT2D eigenvalue weighted by Crippen LogP contribution is 2.43. The van der Waals surface area contributed by atoms with Crippen LogP contribution in [0.2, 0.25) is 10.0 Å². The molecular weight excluding hydrogens is 423 g/mol. The van der Waals surface area contributed by atoms with E-state index in [1.807, 2.05) is 18.2 Å². The normalized spacial score (nSPS) is 23.4. The molecule has 2 aliphatic heterocycles. The number of carbonyl (C=O) groups excluding carboxylic acids is 2. The summed E-state index contributed by atoms with van der Waals surface area (Å²) < 4.78 is 0. The molecule has 5 nitrogen and oxygen atoms in total. The third kappa shape index (κ3) is 3.82. The number of rotatable bonds is 7. The van der Waals surface area contributed by atoms with Crippen molar-refractivity contribution in [1.29, 1.82) is 0 Å². The molecule has 0 N–H and O–H groups in total. The number of hydrogen-bond acceptors (Lipinski definition) is 4. The van der Waals surface area contributed by atoms with Gasteiger partial charge in [0.15, 0.2) is 6.10 Å². The van der Waals surface area contributed by atoms with Gasteiger partial charge >= 0.3 is 0 Å². The lowest BCUT2D eigenvalue weighted by molar-refractivity contribution is -0.126. The van der Waals surface area contributed by atoms with Crippen molar-refractivity contribution in [3.63, 3.8) is 0 Å². The highest BCUT2D eigenvalue weighted by molar-refractivity contribution is 6.42. The van der Waals surface area contributed by atoms with Gasteiger partial charge in [-0.15, -0.1) is 0 Å². The zero-order valence-corrected chi connectivity index (χ0v) is 18.3. The molecule has 0 unspecified atom stereocenters. The quantitative estimate of drug-likeness (QED) is 0.407. The highest BCUT2D eigenvalue weighted by Gasteiger charge is 2.59. The Labute approximate surface area is 186 Å². The molecular formula is C23H24Cl2N2O3. The van der Waals surface area contributed by atoms with Crippen LogP contribution < -0.4 is 9.96 Å². The molecule has 2 amide bonds. The van der Waals surface area contributed by atoms with Crippen molar-refractivity contribution in [3.05, 3.63) is 58.6 Å². The van der Waals surface area contributed by atoms with E-state index in [0.29, 0.717) is 21.4 Å². The first-order chi connectivity index (χ1) is 14.5. The predicted octanol–water partition coefficient (Wildman–Crippen LogP) is 5.64. The smallest absolute Gasteiger partial charge is 0.266 e. The molecule has 0 bridgehead atoms. The summed E-state index contributed by atoms with van der Waals surface area (Å²) in [5, 5.41) is 2.55. The molecule has 2 aromatic carbocycles. The molecule has 158 valence electrons. The second-order valence-electron chi connectivity index (χ2n) is 7.74. The average Bonchev–Trinajstić information content (AvgIpc) is 3.24. The largest absolute Gasteiger partial charge is 0.273 e. The summed E-state index contributed by atoms with van der Waals surface area (Å²) in [4.78, 5) is 33.8. The lowest BCUT2D eigenvalue weighted by Gasteiger charge is -2.28. The van der Waals surface area contributed by atoms with E-state index in [0.717, 1.165) is 32.1 Å². The van der Waals surface area contributed by atoms with E-state index in [-0.39, 0.29) is 17.9 Å². The molecule has 2 aromatic rings. The Morgan fingerprint density at radius 1 is 0.900 bits per heavy atom. The molecule has 30 heavy (non-hydrogen) atoms. The number of benzene rings is 2. The van der Waals surface area contributed by atoms with Gasteiger partial charge in [0.25, 0.3) is 5.91 Å². The van der Waals surface area contributed by atoms with Crippen LogP contribution in [0.4, 0.5) is 11.4 Å². The molecule has 0 aliphatic carbocycles. The summed E-state index contributed by atoms with van der Waals surface area (Å²) in [6.45, 7) is 2.16. The number of imide groups is 1. The van der Waals surface area contributed by atoms with Crippen LogP contribution in [-0.2, 0) is 14.4 Å². The first-order valence-corrected chi connectivity index (χ1v) is 11.1. The van der Waals surface area contributed by atoms with E-state index < -0.39 is 12.0 Å². The van der Waals surface area contributed by atoms with Gasteiger partial charge in [-0.05, 0) is 36.8 Å². The van der Waals surface area contributed by atoms with E-state index in [4.69, 9.17) is 28.0 Å². The van der Waals surface area contributed by atoms with Gasteiger partial charge in [-0.3, -0.25) is 14.4 Å². The van der Waals surface area contributed by atoms with Gasteiger partial charge in [0.1, 0.15) is 0 Å². The minimum absolute atomic E-state index is 0.209. The number of anilines is 2. The van der Waals surface area contributed by atoms with Crippen LogP contribution in [0.3, 0.4) is 0 Å². The molecule has 4 rings (SSSR count). The molecule has 2 saturated heterocycles. The summed E-state index contributed by atoms with van der Waals surface area (Å²) in [5.74, 6) is -1.08. The fourth-order valence-corrected chi connectivity index (χ4v) is 4.57. The van der Waals surface area contributed by atoms with Crippen molar-refractivity contribution < 1.29 is 14.4 Å². The maximum absolute atomic E-state index is 13.3. The molecule has 0 radical (unpaired) electrons. The van der Waals surface area contributed by atoms with Crippen LogP contribution in [0.15, 0.2) is 48.5 Å². The maximum Gasteiger partial charge on any atom is 0.266 e. The Balaban J connectivity index is 1.64. The number of para-hydroxylation sites is 1. The van der Waals surface area contributed by atoms with Gasteiger partial charge in [-0.1, -0.05) is 74.0 Å². The second-order valence-corrected chi connectivity index (χ2v) is 8.55. The van der Waals surface area contributed by atoms with Gasteiger partial charge in [-0.2, -0.15) is 0 Å². The fourth-order valence-electron chi connectivity index (χ4n) is 4.27. The van der Waals surface area contributed by atoms with Crippen molar-refractivity contribution in [2.75, 3.05) is 9.96 Å². The number of fused-ring (bicyclic) bond motifs is 1. The first-order valence-electron chi connectivity index (χ1n) is 10.4. The minimum atomic E-state index is -0.830. The summed E-state index contributed by atoms with van der Waals surface area (Å²) in [6.07, 6.45) is 4.21. The average molecular weight is 447 g/mol. The molecule has 2 fully saturated rings. The minimum Gasteiger partial charge on any atom is -0.273 e. The van der Waals surface area contributed by atoms with Crippen molar-refractivity contribution >= 4 is 46.4 Å². The van der Waals surface area contributed by atoms with E-state index in [2.05, 4.69) is 6.92 Å². The molecule has 0 spiro atoms. The number of amides is 2. The van der Waals surface area contributed by atoms with Crippen molar-refractivity contribution in [3.8, 4) is 0 Å². The molecule has 2 aliphatic rings. The maximum atomic E-state index is 13.3. The van der Waals surface area contributed by atoms with Crippen LogP contribution in [0.25, 0.3) is 0 Å². The van der Waals surface area contributed by atoms with Crippen molar-refractivity contribution in [2.24, 2.45) is 5.92 Å². The Morgan fingerprint density at radius 2 is 1.67 bits per heavy atom. The van der Waals surface area contributed by atoms with Gasteiger partial charge in [0.2, 0.25) is 5.91 Å². The summed E-state index contributed by atoms with van der Waals surface area (Å²) in [5.41, 5.74) is 1.28. The van der Waals surface area contributed by atoms with Crippen LogP contribution >= 0.6 is 23.2 Å². The van der Waals surface area contributed by atoms with E-state index in [1.165, 1.54) is 4.90 Å². The number of hydrogen-bond donors (Lipinski definition) is 0. The molecule has 3 atom stereocenters. The Hall–Kier alpha value is -2.08. The number of hydroxylamine groups is 1. The van der Waals surface area contributed by atoms with Crippen LogP contribution in [-0.4, -0.2) is 24.0 Å². The third-order valence-electron chi connectivity index (χ3n) is 5.76. The SMILES string of the molecule is CCCCCC[C@H]1[C@H]2C(=O)N(c3ccccc3)C(=O)[C@H]2ON1c1ccc(Cl)c(Cl)c1. The van der Waals surface area contributed by atoms with Gasteiger partial charge in [-0.25, -0.2) is 9.96 Å². The summed E-state index contributed by atoms with van der Waals surface area (Å²) in [6, 6.07) is 14.0. The number of carbonyl (C=O) groups is 2. The van der Waals surface area contributed by atoms with Gasteiger partial charge in [0, 0.05) is 0 Å². The van der Waals surface area contributed by atoms with E-state index in [9.17, 15) is 9.59 Å².